The Labute approximate surface area is 124 Å². The van der Waals surface area contributed by atoms with E-state index in [9.17, 15) is 13.2 Å². The summed E-state index contributed by atoms with van der Waals surface area (Å²) in [4.78, 5) is 0. The molecule has 2 rings (SSSR count). The van der Waals surface area contributed by atoms with Gasteiger partial charge in [-0.3, -0.25) is 0 Å². The van der Waals surface area contributed by atoms with Gasteiger partial charge in [-0.25, -0.2) is 4.68 Å². The van der Waals surface area contributed by atoms with Crippen molar-refractivity contribution in [2.75, 3.05) is 13.2 Å². The minimum atomic E-state index is -4.73. The molecule has 22 heavy (non-hydrogen) atoms. The van der Waals surface area contributed by atoms with Crippen molar-refractivity contribution in [3.63, 3.8) is 0 Å². The molecule has 120 valence electrons. The molecule has 5 nitrogen and oxygen atoms in total. The zero-order valence-corrected chi connectivity index (χ0v) is 11.7. The first-order chi connectivity index (χ1) is 10.3. The topological polar surface area (TPSA) is 67.5 Å². The second kappa shape index (κ2) is 6.37. The SMILES string of the molecule is Cc1cc(C(CO)CO)nn1-c1ccc(OC(F)(F)F)cc1. The summed E-state index contributed by atoms with van der Waals surface area (Å²) >= 11 is 0. The van der Waals surface area contributed by atoms with Crippen LogP contribution in [0.25, 0.3) is 5.69 Å². The predicted molar refractivity (Wildman–Crippen MR) is 71.9 cm³/mol. The highest BCUT2D eigenvalue weighted by atomic mass is 19.4. The van der Waals surface area contributed by atoms with Crippen LogP contribution in [0.1, 0.15) is 17.3 Å². The summed E-state index contributed by atoms with van der Waals surface area (Å²) in [7, 11) is 0. The molecular weight excluding hydrogens is 301 g/mol. The maximum atomic E-state index is 12.1. The molecule has 1 aromatic heterocycles. The van der Waals surface area contributed by atoms with Crippen molar-refractivity contribution in [3.05, 3.63) is 41.7 Å². The molecule has 8 heteroatoms. The molecule has 0 radical (unpaired) electrons. The molecule has 0 saturated carbocycles. The summed E-state index contributed by atoms with van der Waals surface area (Å²) in [6, 6.07) is 6.98. The van der Waals surface area contributed by atoms with Gasteiger partial charge in [-0.1, -0.05) is 0 Å². The first kappa shape index (κ1) is 16.3. The Morgan fingerprint density at radius 3 is 2.27 bits per heavy atom. The predicted octanol–water partition coefficient (Wildman–Crippen LogP) is 2.15. The number of hydrogen-bond acceptors (Lipinski definition) is 4. The largest absolute Gasteiger partial charge is 0.573 e. The van der Waals surface area contributed by atoms with Gasteiger partial charge in [0.2, 0.25) is 0 Å². The van der Waals surface area contributed by atoms with E-state index in [0.717, 1.165) is 5.69 Å². The number of aromatic nitrogens is 2. The number of benzene rings is 1. The number of hydrogen-bond donors (Lipinski definition) is 2. The fraction of sp³-hybridized carbons (Fsp3) is 0.357. The van der Waals surface area contributed by atoms with Gasteiger partial charge in [0.15, 0.2) is 0 Å². The van der Waals surface area contributed by atoms with Gasteiger partial charge in [0.05, 0.1) is 24.6 Å². The molecular formula is C14H15F3N2O3. The zero-order chi connectivity index (χ0) is 16.3. The third-order valence-electron chi connectivity index (χ3n) is 3.08. The van der Waals surface area contributed by atoms with Gasteiger partial charge in [0, 0.05) is 11.6 Å². The molecule has 1 aromatic carbocycles. The van der Waals surface area contributed by atoms with Crippen LogP contribution in [0.3, 0.4) is 0 Å². The summed E-state index contributed by atoms with van der Waals surface area (Å²) < 4.78 is 41.7. The Hall–Kier alpha value is -2.06. The summed E-state index contributed by atoms with van der Waals surface area (Å²) in [6.45, 7) is 1.28. The number of aryl methyl sites for hydroxylation is 1. The van der Waals surface area contributed by atoms with E-state index in [0.29, 0.717) is 11.4 Å². The first-order valence-corrected chi connectivity index (χ1v) is 6.48. The van der Waals surface area contributed by atoms with Crippen LogP contribution in [0.15, 0.2) is 30.3 Å². The Bertz CT molecular complexity index is 619. The number of rotatable bonds is 5. The standard InChI is InChI=1S/C14H15F3N2O3/c1-9-6-13(10(7-20)8-21)18-19(9)11-2-4-12(5-3-11)22-14(15,16)17/h2-6,10,20-21H,7-8H2,1H3. The Balaban J connectivity index is 2.25. The van der Waals surface area contributed by atoms with Gasteiger partial charge in [0.25, 0.3) is 0 Å². The van der Waals surface area contributed by atoms with Crippen molar-refractivity contribution in [2.45, 2.75) is 19.2 Å². The highest BCUT2D eigenvalue weighted by Crippen LogP contribution is 2.24. The molecule has 0 fully saturated rings. The van der Waals surface area contributed by atoms with Gasteiger partial charge >= 0.3 is 6.36 Å². The van der Waals surface area contributed by atoms with E-state index in [4.69, 9.17) is 10.2 Å². The van der Waals surface area contributed by atoms with Gasteiger partial charge in [-0.15, -0.1) is 13.2 Å². The third kappa shape index (κ3) is 3.77. The van der Waals surface area contributed by atoms with Crippen LogP contribution in [-0.2, 0) is 0 Å². The van der Waals surface area contributed by atoms with Gasteiger partial charge in [-0.2, -0.15) is 5.10 Å². The second-order valence-corrected chi connectivity index (χ2v) is 4.73. The molecule has 0 amide bonds. The number of alkyl halides is 3. The number of nitrogens with zero attached hydrogens (tertiary/aromatic N) is 2. The monoisotopic (exact) mass is 316 g/mol. The molecule has 0 saturated heterocycles. The summed E-state index contributed by atoms with van der Waals surface area (Å²) in [6.07, 6.45) is -4.73. The second-order valence-electron chi connectivity index (χ2n) is 4.73. The minimum Gasteiger partial charge on any atom is -0.406 e. The van der Waals surface area contributed by atoms with Gasteiger partial charge in [0.1, 0.15) is 5.75 Å². The van der Waals surface area contributed by atoms with E-state index in [-0.39, 0.29) is 19.0 Å². The fourth-order valence-corrected chi connectivity index (χ4v) is 1.99. The molecule has 0 aliphatic carbocycles. The fourth-order valence-electron chi connectivity index (χ4n) is 1.99. The highest BCUT2D eigenvalue weighted by molar-refractivity contribution is 5.38. The zero-order valence-electron chi connectivity index (χ0n) is 11.7. The highest BCUT2D eigenvalue weighted by Gasteiger charge is 2.31. The number of aliphatic hydroxyl groups excluding tert-OH is 2. The van der Waals surface area contributed by atoms with E-state index in [2.05, 4.69) is 9.84 Å². The van der Waals surface area contributed by atoms with Crippen LogP contribution >= 0.6 is 0 Å². The molecule has 0 bridgehead atoms. The van der Waals surface area contributed by atoms with Crippen LogP contribution in [0, 0.1) is 6.92 Å². The third-order valence-corrected chi connectivity index (χ3v) is 3.08. The Morgan fingerprint density at radius 2 is 1.77 bits per heavy atom. The number of halogens is 3. The lowest BCUT2D eigenvalue weighted by atomic mass is 10.1. The average Bonchev–Trinajstić information content (AvgIpc) is 2.81. The lowest BCUT2D eigenvalue weighted by molar-refractivity contribution is -0.274. The van der Waals surface area contributed by atoms with E-state index >= 15 is 0 Å². The average molecular weight is 316 g/mol. The van der Waals surface area contributed by atoms with Crippen LogP contribution in [0.4, 0.5) is 13.2 Å². The molecule has 0 aliphatic rings. The maximum Gasteiger partial charge on any atom is 0.573 e. The van der Waals surface area contributed by atoms with Crippen molar-refractivity contribution < 1.29 is 28.1 Å². The van der Waals surface area contributed by atoms with E-state index in [1.165, 1.54) is 28.9 Å². The molecule has 0 spiro atoms. The quantitative estimate of drug-likeness (QED) is 0.887. The smallest absolute Gasteiger partial charge is 0.406 e. The van der Waals surface area contributed by atoms with Crippen molar-refractivity contribution in [2.24, 2.45) is 0 Å². The maximum absolute atomic E-state index is 12.1. The van der Waals surface area contributed by atoms with Crippen LogP contribution in [0.2, 0.25) is 0 Å². The minimum absolute atomic E-state index is 0.245. The van der Waals surface area contributed by atoms with Crippen LogP contribution < -0.4 is 4.74 Å². The molecule has 0 unspecified atom stereocenters. The summed E-state index contributed by atoms with van der Waals surface area (Å²) in [5, 5.41) is 22.6. The van der Waals surface area contributed by atoms with Crippen molar-refractivity contribution in [1.29, 1.82) is 0 Å². The van der Waals surface area contributed by atoms with Crippen molar-refractivity contribution in [3.8, 4) is 11.4 Å². The molecule has 2 aromatic rings. The van der Waals surface area contributed by atoms with E-state index in [1.54, 1.807) is 13.0 Å². The van der Waals surface area contributed by atoms with Crippen LogP contribution in [-0.4, -0.2) is 39.6 Å². The number of ether oxygens (including phenoxy) is 1. The van der Waals surface area contributed by atoms with Gasteiger partial charge in [-0.05, 0) is 37.3 Å². The Kier molecular flexibility index (Phi) is 4.72. The number of aliphatic hydroxyl groups is 2. The van der Waals surface area contributed by atoms with E-state index < -0.39 is 12.3 Å². The summed E-state index contributed by atoms with van der Waals surface area (Å²) in [5.74, 6) is -0.808. The molecule has 0 atom stereocenters. The Morgan fingerprint density at radius 1 is 1.18 bits per heavy atom. The van der Waals surface area contributed by atoms with Crippen LogP contribution in [0.5, 0.6) is 5.75 Å². The molecule has 2 N–H and O–H groups in total. The summed E-state index contributed by atoms with van der Waals surface area (Å²) in [5.41, 5.74) is 1.79. The molecule has 0 aliphatic heterocycles. The molecule has 1 heterocycles. The normalized spacial score (nSPS) is 12.0. The lowest BCUT2D eigenvalue weighted by Crippen LogP contribution is -2.17. The van der Waals surface area contributed by atoms with E-state index in [1.807, 2.05) is 0 Å². The first-order valence-electron chi connectivity index (χ1n) is 6.48. The van der Waals surface area contributed by atoms with Gasteiger partial charge < -0.3 is 14.9 Å². The van der Waals surface area contributed by atoms with Crippen molar-refractivity contribution in [1.82, 2.24) is 9.78 Å². The lowest BCUT2D eigenvalue weighted by Gasteiger charge is -2.10. The van der Waals surface area contributed by atoms with Crippen molar-refractivity contribution >= 4 is 0 Å².